The highest BCUT2D eigenvalue weighted by atomic mass is 32.2. The summed E-state index contributed by atoms with van der Waals surface area (Å²) < 4.78 is 5.33. The van der Waals surface area contributed by atoms with E-state index < -0.39 is 6.04 Å². The maximum absolute atomic E-state index is 13.3. The molecule has 0 aliphatic carbocycles. The van der Waals surface area contributed by atoms with E-state index in [1.807, 2.05) is 38.1 Å². The van der Waals surface area contributed by atoms with Crippen molar-refractivity contribution >= 4 is 23.6 Å². The molecule has 2 rings (SSSR count). The highest BCUT2D eigenvalue weighted by Gasteiger charge is 2.28. The molecule has 0 aliphatic heterocycles. The number of hydrogen-bond donors (Lipinski definition) is 1. The molecule has 1 atom stereocenters. The second-order valence-electron chi connectivity index (χ2n) is 8.08. The monoisotopic (exact) mass is 456 g/mol. The molecule has 2 amide bonds. The van der Waals surface area contributed by atoms with E-state index in [0.717, 1.165) is 23.5 Å². The first-order valence-corrected chi connectivity index (χ1v) is 12.4. The minimum Gasteiger partial charge on any atom is -0.497 e. The Kier molecular flexibility index (Phi) is 10.6. The Labute approximate surface area is 196 Å². The molecule has 5 nitrogen and oxygen atoms in total. The minimum absolute atomic E-state index is 0.0271. The van der Waals surface area contributed by atoms with Crippen molar-refractivity contribution in [2.45, 2.75) is 58.9 Å². The quantitative estimate of drug-likeness (QED) is 0.495. The molecule has 6 heteroatoms. The van der Waals surface area contributed by atoms with Crippen LogP contribution in [0.2, 0.25) is 0 Å². The van der Waals surface area contributed by atoms with Crippen LogP contribution >= 0.6 is 11.8 Å². The van der Waals surface area contributed by atoms with Crippen LogP contribution < -0.4 is 10.1 Å². The Balaban J connectivity index is 2.15. The molecule has 0 radical (unpaired) electrons. The lowest BCUT2D eigenvalue weighted by Crippen LogP contribution is -2.49. The molecule has 0 aliphatic rings. The van der Waals surface area contributed by atoms with Crippen LogP contribution in [0, 0.1) is 13.8 Å². The zero-order chi connectivity index (χ0) is 23.5. The maximum atomic E-state index is 13.3. The van der Waals surface area contributed by atoms with Gasteiger partial charge in [-0.2, -0.15) is 0 Å². The minimum atomic E-state index is -0.498. The van der Waals surface area contributed by atoms with Crippen LogP contribution in [-0.4, -0.2) is 42.2 Å². The van der Waals surface area contributed by atoms with Crippen molar-refractivity contribution in [1.29, 1.82) is 0 Å². The maximum Gasteiger partial charge on any atom is 0.242 e. The van der Waals surface area contributed by atoms with Gasteiger partial charge in [-0.1, -0.05) is 55.3 Å². The summed E-state index contributed by atoms with van der Waals surface area (Å²) in [6.45, 7) is 9.12. The van der Waals surface area contributed by atoms with Crippen molar-refractivity contribution in [3.63, 3.8) is 0 Å². The van der Waals surface area contributed by atoms with Gasteiger partial charge in [-0.25, -0.2) is 0 Å². The molecule has 1 unspecified atom stereocenters. The molecule has 2 aromatic rings. The van der Waals surface area contributed by atoms with E-state index in [4.69, 9.17) is 4.74 Å². The third-order valence-electron chi connectivity index (χ3n) is 5.20. The molecule has 174 valence electrons. The Morgan fingerprint density at radius 1 is 1.06 bits per heavy atom. The van der Waals surface area contributed by atoms with Crippen molar-refractivity contribution in [2.75, 3.05) is 19.4 Å². The third-order valence-corrected chi connectivity index (χ3v) is 6.19. The largest absolute Gasteiger partial charge is 0.497 e. The molecule has 2 aromatic carbocycles. The summed E-state index contributed by atoms with van der Waals surface area (Å²) in [6.07, 6.45) is 1.42. The van der Waals surface area contributed by atoms with E-state index in [0.29, 0.717) is 25.3 Å². The van der Waals surface area contributed by atoms with Gasteiger partial charge in [0.15, 0.2) is 0 Å². The number of amides is 2. The van der Waals surface area contributed by atoms with Gasteiger partial charge in [-0.3, -0.25) is 9.59 Å². The Bertz CT molecular complexity index is 880. The number of rotatable bonds is 12. The Hall–Kier alpha value is -2.47. The summed E-state index contributed by atoms with van der Waals surface area (Å²) in [5.74, 6) is 1.71. The number of carbonyl (C=O) groups is 2. The summed E-state index contributed by atoms with van der Waals surface area (Å²) in [7, 11) is 1.62. The summed E-state index contributed by atoms with van der Waals surface area (Å²) in [5.41, 5.74) is 4.61. The molecule has 32 heavy (non-hydrogen) atoms. The average molecular weight is 457 g/mol. The number of hydrogen-bond acceptors (Lipinski definition) is 4. The third kappa shape index (κ3) is 7.90. The molecule has 0 saturated heterocycles. The summed E-state index contributed by atoms with van der Waals surface area (Å²) in [4.78, 5) is 27.8. The second kappa shape index (κ2) is 13.2. The van der Waals surface area contributed by atoms with Gasteiger partial charge in [0, 0.05) is 18.8 Å². The van der Waals surface area contributed by atoms with Crippen molar-refractivity contribution in [1.82, 2.24) is 10.2 Å². The van der Waals surface area contributed by atoms with Crippen molar-refractivity contribution in [3.8, 4) is 5.75 Å². The van der Waals surface area contributed by atoms with Crippen LogP contribution in [0.15, 0.2) is 42.5 Å². The SMILES string of the molecule is CCCNC(=O)C(CC)N(Cc1cccc(OC)c1)C(=O)CSCc1cc(C)cc(C)c1. The van der Waals surface area contributed by atoms with Crippen LogP contribution in [0.4, 0.5) is 0 Å². The van der Waals surface area contributed by atoms with Gasteiger partial charge in [0.05, 0.1) is 12.9 Å². The smallest absolute Gasteiger partial charge is 0.242 e. The number of methoxy groups -OCH3 is 1. The average Bonchev–Trinajstić information content (AvgIpc) is 2.76. The van der Waals surface area contributed by atoms with Gasteiger partial charge in [-0.05, 0) is 49.9 Å². The molecule has 0 saturated carbocycles. The Morgan fingerprint density at radius 3 is 2.41 bits per heavy atom. The highest BCUT2D eigenvalue weighted by Crippen LogP contribution is 2.20. The lowest BCUT2D eigenvalue weighted by Gasteiger charge is -2.30. The van der Waals surface area contributed by atoms with E-state index in [1.165, 1.54) is 16.7 Å². The fraction of sp³-hybridized carbons (Fsp3) is 0.462. The first-order chi connectivity index (χ1) is 15.4. The molecule has 0 heterocycles. The van der Waals surface area contributed by atoms with Crippen molar-refractivity contribution in [3.05, 3.63) is 64.7 Å². The van der Waals surface area contributed by atoms with Crippen molar-refractivity contribution in [2.24, 2.45) is 0 Å². The van der Waals surface area contributed by atoms with Crippen LogP contribution in [0.25, 0.3) is 0 Å². The fourth-order valence-corrected chi connectivity index (χ4v) is 4.59. The molecule has 0 aromatic heterocycles. The van der Waals surface area contributed by atoms with E-state index in [9.17, 15) is 9.59 Å². The van der Waals surface area contributed by atoms with E-state index in [1.54, 1.807) is 23.8 Å². The lowest BCUT2D eigenvalue weighted by atomic mass is 10.1. The van der Waals surface area contributed by atoms with Crippen LogP contribution in [0.1, 0.15) is 48.9 Å². The summed E-state index contributed by atoms with van der Waals surface area (Å²) in [6, 6.07) is 13.6. The number of ether oxygens (including phenoxy) is 1. The molecule has 0 fully saturated rings. The molecule has 1 N–H and O–H groups in total. The van der Waals surface area contributed by atoms with Crippen LogP contribution in [-0.2, 0) is 21.9 Å². The zero-order valence-corrected chi connectivity index (χ0v) is 20.8. The van der Waals surface area contributed by atoms with Gasteiger partial charge >= 0.3 is 0 Å². The lowest BCUT2D eigenvalue weighted by molar-refractivity contribution is -0.139. The summed E-state index contributed by atoms with van der Waals surface area (Å²) >= 11 is 1.59. The normalized spacial score (nSPS) is 11.7. The van der Waals surface area contributed by atoms with Gasteiger partial charge in [0.1, 0.15) is 11.8 Å². The van der Waals surface area contributed by atoms with Gasteiger partial charge in [0.2, 0.25) is 11.8 Å². The van der Waals surface area contributed by atoms with Gasteiger partial charge in [0.25, 0.3) is 0 Å². The predicted molar refractivity (Wildman–Crippen MR) is 133 cm³/mol. The van der Waals surface area contributed by atoms with E-state index >= 15 is 0 Å². The van der Waals surface area contributed by atoms with E-state index in [-0.39, 0.29) is 11.8 Å². The van der Waals surface area contributed by atoms with Crippen molar-refractivity contribution < 1.29 is 14.3 Å². The zero-order valence-electron chi connectivity index (χ0n) is 19.9. The van der Waals surface area contributed by atoms with Crippen LogP contribution in [0.5, 0.6) is 5.75 Å². The predicted octanol–water partition coefficient (Wildman–Crippen LogP) is 4.88. The molecule has 0 spiro atoms. The van der Waals surface area contributed by atoms with Gasteiger partial charge < -0.3 is 15.0 Å². The highest BCUT2D eigenvalue weighted by molar-refractivity contribution is 7.99. The number of nitrogens with zero attached hydrogens (tertiary/aromatic N) is 1. The van der Waals surface area contributed by atoms with E-state index in [2.05, 4.69) is 37.4 Å². The second-order valence-corrected chi connectivity index (χ2v) is 9.06. The number of carbonyl (C=O) groups excluding carboxylic acids is 2. The molecular weight excluding hydrogens is 420 g/mol. The van der Waals surface area contributed by atoms with Crippen LogP contribution in [0.3, 0.4) is 0 Å². The first-order valence-electron chi connectivity index (χ1n) is 11.2. The number of benzene rings is 2. The number of nitrogens with one attached hydrogen (secondary N) is 1. The first kappa shape index (κ1) is 25.8. The fourth-order valence-electron chi connectivity index (χ4n) is 3.74. The molecule has 0 bridgehead atoms. The number of thioether (sulfide) groups is 1. The standard InChI is InChI=1S/C26H36N2O3S/c1-6-11-27-26(30)24(7-2)28(16-21-9-8-10-23(15-21)31-5)25(29)18-32-17-22-13-19(3)12-20(4)14-22/h8-10,12-15,24H,6-7,11,16-18H2,1-5H3,(H,27,30). The Morgan fingerprint density at radius 2 is 1.78 bits per heavy atom. The summed E-state index contributed by atoms with van der Waals surface area (Å²) in [5, 5.41) is 2.96. The topological polar surface area (TPSA) is 58.6 Å². The van der Waals surface area contributed by atoms with Gasteiger partial charge in [-0.15, -0.1) is 11.8 Å². The molecular formula is C26H36N2O3S. The number of aryl methyl sites for hydroxylation is 2.